The standard InChI is InChI=1S/C8H10BrN5O/c1-15-5-6(9)4-7-2-3-8-10-12-13-14(8)11-7/h2-3,6H,4-5H2,1H3. The van der Waals surface area contributed by atoms with Gasteiger partial charge in [-0.3, -0.25) is 0 Å². The molecule has 0 spiro atoms. The summed E-state index contributed by atoms with van der Waals surface area (Å²) in [6.45, 7) is 0.648. The van der Waals surface area contributed by atoms with Gasteiger partial charge in [0.05, 0.1) is 12.3 Å². The molecule has 0 saturated carbocycles. The normalized spacial score (nSPS) is 13.2. The SMILES string of the molecule is COCC(Br)Cc1ccc2nnnn2n1. The van der Waals surface area contributed by atoms with Gasteiger partial charge < -0.3 is 4.74 Å². The van der Waals surface area contributed by atoms with Crippen molar-refractivity contribution in [3.63, 3.8) is 0 Å². The van der Waals surface area contributed by atoms with Crippen molar-refractivity contribution in [3.8, 4) is 0 Å². The minimum Gasteiger partial charge on any atom is -0.384 e. The van der Waals surface area contributed by atoms with Crippen LogP contribution in [-0.2, 0) is 11.2 Å². The highest BCUT2D eigenvalue weighted by molar-refractivity contribution is 9.09. The molecular weight excluding hydrogens is 262 g/mol. The second-order valence-corrected chi connectivity index (χ2v) is 4.40. The topological polar surface area (TPSA) is 65.2 Å². The number of hydrogen-bond donors (Lipinski definition) is 0. The third-order valence-electron chi connectivity index (χ3n) is 1.90. The molecule has 1 unspecified atom stereocenters. The molecule has 80 valence electrons. The van der Waals surface area contributed by atoms with Crippen molar-refractivity contribution < 1.29 is 4.74 Å². The molecule has 2 rings (SSSR count). The number of tetrazole rings is 1. The number of rotatable bonds is 4. The van der Waals surface area contributed by atoms with Crippen molar-refractivity contribution in [1.82, 2.24) is 25.3 Å². The molecule has 0 fully saturated rings. The van der Waals surface area contributed by atoms with Crippen LogP contribution in [0.2, 0.25) is 0 Å². The van der Waals surface area contributed by atoms with Gasteiger partial charge >= 0.3 is 0 Å². The predicted molar refractivity (Wildman–Crippen MR) is 56.9 cm³/mol. The molecule has 0 aliphatic carbocycles. The number of ether oxygens (including phenoxy) is 1. The first-order valence-electron chi connectivity index (χ1n) is 4.47. The van der Waals surface area contributed by atoms with Crippen molar-refractivity contribution in [3.05, 3.63) is 17.8 Å². The van der Waals surface area contributed by atoms with Crippen LogP contribution in [0.4, 0.5) is 0 Å². The average Bonchev–Trinajstić information content (AvgIpc) is 2.65. The Morgan fingerprint density at radius 2 is 2.40 bits per heavy atom. The number of halogens is 1. The lowest BCUT2D eigenvalue weighted by Crippen LogP contribution is -2.12. The third kappa shape index (κ3) is 2.48. The summed E-state index contributed by atoms with van der Waals surface area (Å²) < 4.78 is 6.45. The van der Waals surface area contributed by atoms with Gasteiger partial charge in [-0.2, -0.15) is 5.10 Å². The van der Waals surface area contributed by atoms with E-state index < -0.39 is 0 Å². The number of aromatic nitrogens is 5. The third-order valence-corrected chi connectivity index (χ3v) is 2.49. The van der Waals surface area contributed by atoms with E-state index in [9.17, 15) is 0 Å². The Labute approximate surface area is 94.7 Å². The molecule has 0 aliphatic heterocycles. The molecule has 0 saturated heterocycles. The van der Waals surface area contributed by atoms with Crippen LogP contribution in [-0.4, -0.2) is 43.8 Å². The van der Waals surface area contributed by atoms with E-state index in [0.29, 0.717) is 12.3 Å². The van der Waals surface area contributed by atoms with Crippen molar-refractivity contribution in [2.24, 2.45) is 0 Å². The number of fused-ring (bicyclic) bond motifs is 1. The molecule has 2 aromatic rings. The lowest BCUT2D eigenvalue weighted by Gasteiger charge is -2.06. The Kier molecular flexibility index (Phi) is 3.22. The lowest BCUT2D eigenvalue weighted by atomic mass is 10.2. The zero-order chi connectivity index (χ0) is 10.7. The lowest BCUT2D eigenvalue weighted by molar-refractivity contribution is 0.200. The van der Waals surface area contributed by atoms with Crippen molar-refractivity contribution in [2.45, 2.75) is 11.2 Å². The fourth-order valence-electron chi connectivity index (χ4n) is 1.26. The van der Waals surface area contributed by atoms with Crippen LogP contribution in [0.25, 0.3) is 5.65 Å². The maximum absolute atomic E-state index is 5.03. The Morgan fingerprint density at radius 1 is 1.53 bits per heavy atom. The quantitative estimate of drug-likeness (QED) is 0.757. The van der Waals surface area contributed by atoms with Gasteiger partial charge in [0.1, 0.15) is 0 Å². The minimum absolute atomic E-state index is 0.254. The van der Waals surface area contributed by atoms with E-state index in [4.69, 9.17) is 4.74 Å². The Morgan fingerprint density at radius 3 is 3.20 bits per heavy atom. The highest BCUT2D eigenvalue weighted by Crippen LogP contribution is 2.08. The summed E-state index contributed by atoms with van der Waals surface area (Å²) in [5, 5.41) is 15.3. The van der Waals surface area contributed by atoms with Crippen LogP contribution in [0.3, 0.4) is 0 Å². The maximum atomic E-state index is 5.03. The fraction of sp³-hybridized carbons (Fsp3) is 0.500. The highest BCUT2D eigenvalue weighted by Gasteiger charge is 2.07. The number of alkyl halides is 1. The Bertz CT molecular complexity index is 445. The zero-order valence-electron chi connectivity index (χ0n) is 8.17. The monoisotopic (exact) mass is 271 g/mol. The van der Waals surface area contributed by atoms with E-state index in [1.807, 2.05) is 12.1 Å². The Hall–Kier alpha value is -1.08. The molecule has 15 heavy (non-hydrogen) atoms. The van der Waals surface area contributed by atoms with E-state index in [-0.39, 0.29) is 4.83 Å². The summed E-state index contributed by atoms with van der Waals surface area (Å²) in [5.41, 5.74) is 1.57. The smallest absolute Gasteiger partial charge is 0.199 e. The van der Waals surface area contributed by atoms with Gasteiger partial charge in [-0.25, -0.2) is 0 Å². The maximum Gasteiger partial charge on any atom is 0.199 e. The summed E-state index contributed by atoms with van der Waals surface area (Å²) in [4.78, 5) is 0.254. The first-order chi connectivity index (χ1) is 7.29. The number of hydrogen-bond acceptors (Lipinski definition) is 5. The molecule has 0 aromatic carbocycles. The second kappa shape index (κ2) is 4.63. The number of methoxy groups -OCH3 is 1. The molecule has 7 heteroatoms. The molecule has 0 amide bonds. The van der Waals surface area contributed by atoms with E-state index in [2.05, 4.69) is 36.6 Å². The summed E-state index contributed by atoms with van der Waals surface area (Å²) in [6, 6.07) is 3.75. The summed E-state index contributed by atoms with van der Waals surface area (Å²) in [5.74, 6) is 0. The molecule has 0 bridgehead atoms. The molecule has 2 heterocycles. The summed E-state index contributed by atoms with van der Waals surface area (Å²) in [6.07, 6.45) is 0.781. The van der Waals surface area contributed by atoms with E-state index in [1.54, 1.807) is 7.11 Å². The predicted octanol–water partition coefficient (Wildman–Crippen LogP) is 0.472. The number of nitrogens with zero attached hydrogens (tertiary/aromatic N) is 5. The second-order valence-electron chi connectivity index (χ2n) is 3.11. The zero-order valence-corrected chi connectivity index (χ0v) is 9.75. The molecule has 0 N–H and O–H groups in total. The van der Waals surface area contributed by atoms with Gasteiger partial charge in [-0.15, -0.1) is 9.73 Å². The molecular formula is C8H10BrN5O. The molecule has 0 aliphatic rings. The van der Waals surface area contributed by atoms with Crippen LogP contribution >= 0.6 is 15.9 Å². The van der Waals surface area contributed by atoms with Gasteiger partial charge in [0.15, 0.2) is 5.65 Å². The molecule has 6 nitrogen and oxygen atoms in total. The van der Waals surface area contributed by atoms with Crippen LogP contribution in [0.1, 0.15) is 5.69 Å². The van der Waals surface area contributed by atoms with E-state index in [1.165, 1.54) is 4.63 Å². The largest absolute Gasteiger partial charge is 0.384 e. The fourth-order valence-corrected chi connectivity index (χ4v) is 1.86. The van der Waals surface area contributed by atoms with Crippen LogP contribution in [0.15, 0.2) is 12.1 Å². The molecule has 0 radical (unpaired) electrons. The van der Waals surface area contributed by atoms with Crippen molar-refractivity contribution in [1.29, 1.82) is 0 Å². The van der Waals surface area contributed by atoms with E-state index in [0.717, 1.165) is 12.1 Å². The molecule has 1 atom stereocenters. The summed E-state index contributed by atoms with van der Waals surface area (Å²) >= 11 is 3.50. The average molecular weight is 272 g/mol. The van der Waals surface area contributed by atoms with Crippen molar-refractivity contribution in [2.75, 3.05) is 13.7 Å². The van der Waals surface area contributed by atoms with Gasteiger partial charge in [-0.05, 0) is 22.6 Å². The molecule has 2 aromatic heterocycles. The first kappa shape index (κ1) is 10.4. The Balaban J connectivity index is 2.14. The van der Waals surface area contributed by atoms with Crippen LogP contribution in [0, 0.1) is 0 Å². The van der Waals surface area contributed by atoms with Gasteiger partial charge in [-0.1, -0.05) is 15.9 Å². The van der Waals surface area contributed by atoms with Gasteiger partial charge in [0, 0.05) is 18.4 Å². The summed E-state index contributed by atoms with van der Waals surface area (Å²) in [7, 11) is 1.67. The van der Waals surface area contributed by atoms with Gasteiger partial charge in [0.25, 0.3) is 0 Å². The van der Waals surface area contributed by atoms with Crippen molar-refractivity contribution >= 4 is 21.6 Å². The first-order valence-corrected chi connectivity index (χ1v) is 5.38. The highest BCUT2D eigenvalue weighted by atomic mass is 79.9. The van der Waals surface area contributed by atoms with Crippen LogP contribution < -0.4 is 0 Å². The van der Waals surface area contributed by atoms with Crippen LogP contribution in [0.5, 0.6) is 0 Å². The van der Waals surface area contributed by atoms with E-state index >= 15 is 0 Å². The minimum atomic E-state index is 0.254. The van der Waals surface area contributed by atoms with Gasteiger partial charge in [0.2, 0.25) is 0 Å².